The summed E-state index contributed by atoms with van der Waals surface area (Å²) in [5, 5.41) is 2.84. The highest BCUT2D eigenvalue weighted by Gasteiger charge is 2.38. The van der Waals surface area contributed by atoms with Gasteiger partial charge in [0.05, 0.1) is 6.54 Å². The quantitative estimate of drug-likeness (QED) is 0.849. The summed E-state index contributed by atoms with van der Waals surface area (Å²) in [6.45, 7) is 0.756. The maximum atomic E-state index is 12.6. The predicted molar refractivity (Wildman–Crippen MR) is 88.3 cm³/mol. The molecule has 0 radical (unpaired) electrons. The molecule has 1 aromatic heterocycles. The Kier molecular flexibility index (Phi) is 4.11. The summed E-state index contributed by atoms with van der Waals surface area (Å²) >= 11 is 0. The van der Waals surface area contributed by atoms with Gasteiger partial charge in [-0.05, 0) is 17.7 Å². The Bertz CT molecular complexity index is 849. The standard InChI is InChI=1S/C17H18N4O5/c1-20-5-4-18-15(20)8-21-12(9-24-17(21)23)16(22)19-7-11-2-3-13-14(6-11)26-10-25-13/h2-6,12H,7-10H2,1H3,(H,19,22)/t12-/m0/s1. The van der Waals surface area contributed by atoms with Gasteiger partial charge >= 0.3 is 6.09 Å². The fourth-order valence-corrected chi connectivity index (χ4v) is 2.90. The van der Waals surface area contributed by atoms with E-state index in [1.54, 1.807) is 23.0 Å². The minimum absolute atomic E-state index is 0.0240. The van der Waals surface area contributed by atoms with Crippen molar-refractivity contribution in [3.05, 3.63) is 42.0 Å². The molecule has 4 rings (SSSR count). The van der Waals surface area contributed by atoms with E-state index in [1.807, 2.05) is 19.2 Å². The first kappa shape index (κ1) is 16.2. The van der Waals surface area contributed by atoms with Gasteiger partial charge in [0.15, 0.2) is 11.5 Å². The summed E-state index contributed by atoms with van der Waals surface area (Å²) in [6.07, 6.45) is 2.91. The molecule has 1 fully saturated rings. The van der Waals surface area contributed by atoms with Gasteiger partial charge in [-0.15, -0.1) is 0 Å². The summed E-state index contributed by atoms with van der Waals surface area (Å²) in [5.74, 6) is 1.75. The number of fused-ring (bicyclic) bond motifs is 1. The van der Waals surface area contributed by atoms with E-state index in [0.717, 1.165) is 5.56 Å². The number of amides is 2. The number of hydrogen-bond donors (Lipinski definition) is 1. The van der Waals surface area contributed by atoms with Crippen LogP contribution in [0.4, 0.5) is 4.79 Å². The first-order chi connectivity index (χ1) is 12.6. The minimum Gasteiger partial charge on any atom is -0.454 e. The van der Waals surface area contributed by atoms with E-state index in [0.29, 0.717) is 23.9 Å². The number of imidazole rings is 1. The van der Waals surface area contributed by atoms with Crippen molar-refractivity contribution < 1.29 is 23.8 Å². The van der Waals surface area contributed by atoms with Crippen LogP contribution < -0.4 is 14.8 Å². The fraction of sp³-hybridized carbons (Fsp3) is 0.353. The number of aryl methyl sites for hydroxylation is 1. The molecule has 0 aliphatic carbocycles. The minimum atomic E-state index is -0.687. The van der Waals surface area contributed by atoms with E-state index in [-0.39, 0.29) is 25.9 Å². The average Bonchev–Trinajstić information content (AvgIpc) is 3.35. The van der Waals surface area contributed by atoms with Crippen LogP contribution in [0.25, 0.3) is 0 Å². The fourth-order valence-electron chi connectivity index (χ4n) is 2.90. The second-order valence-electron chi connectivity index (χ2n) is 6.08. The second kappa shape index (κ2) is 6.58. The highest BCUT2D eigenvalue weighted by molar-refractivity contribution is 5.87. The predicted octanol–water partition coefficient (Wildman–Crippen LogP) is 0.786. The molecule has 2 aromatic rings. The molecule has 0 saturated carbocycles. The molecular weight excluding hydrogens is 340 g/mol. The zero-order valence-electron chi connectivity index (χ0n) is 14.2. The van der Waals surface area contributed by atoms with Gasteiger partial charge in [-0.3, -0.25) is 9.69 Å². The van der Waals surface area contributed by atoms with E-state index in [2.05, 4.69) is 10.3 Å². The third kappa shape index (κ3) is 3.03. The molecular formula is C17H18N4O5. The highest BCUT2D eigenvalue weighted by atomic mass is 16.7. The van der Waals surface area contributed by atoms with Gasteiger partial charge in [-0.2, -0.15) is 0 Å². The number of benzene rings is 1. The Labute approximate surface area is 149 Å². The summed E-state index contributed by atoms with van der Waals surface area (Å²) < 4.78 is 17.4. The number of ether oxygens (including phenoxy) is 3. The molecule has 0 spiro atoms. The molecule has 0 bridgehead atoms. The lowest BCUT2D eigenvalue weighted by atomic mass is 10.2. The summed E-state index contributed by atoms with van der Waals surface area (Å²) in [6, 6.07) is 4.80. The number of aromatic nitrogens is 2. The lowest BCUT2D eigenvalue weighted by Crippen LogP contribution is -2.45. The Hall–Kier alpha value is -3.23. The lowest BCUT2D eigenvalue weighted by molar-refractivity contribution is -0.125. The molecule has 2 aliphatic rings. The van der Waals surface area contributed by atoms with Gasteiger partial charge in [0.2, 0.25) is 12.7 Å². The third-order valence-corrected chi connectivity index (χ3v) is 4.41. The largest absolute Gasteiger partial charge is 0.454 e. The van der Waals surface area contributed by atoms with Crippen LogP contribution in [0.3, 0.4) is 0 Å². The molecule has 26 heavy (non-hydrogen) atoms. The van der Waals surface area contributed by atoms with Crippen molar-refractivity contribution in [2.24, 2.45) is 7.05 Å². The van der Waals surface area contributed by atoms with Gasteiger partial charge in [0.1, 0.15) is 18.5 Å². The van der Waals surface area contributed by atoms with Crippen molar-refractivity contribution in [2.45, 2.75) is 19.1 Å². The normalized spacial score (nSPS) is 18.1. The van der Waals surface area contributed by atoms with Gasteiger partial charge in [0.25, 0.3) is 0 Å². The summed E-state index contributed by atoms with van der Waals surface area (Å²) in [5.41, 5.74) is 0.878. The number of nitrogens with zero attached hydrogens (tertiary/aromatic N) is 3. The Morgan fingerprint density at radius 1 is 1.31 bits per heavy atom. The molecule has 3 heterocycles. The maximum absolute atomic E-state index is 12.6. The topological polar surface area (TPSA) is 94.9 Å². The number of rotatable bonds is 5. The molecule has 9 heteroatoms. The molecule has 1 atom stereocenters. The van der Waals surface area contributed by atoms with Crippen LogP contribution >= 0.6 is 0 Å². The van der Waals surface area contributed by atoms with E-state index in [4.69, 9.17) is 14.2 Å². The lowest BCUT2D eigenvalue weighted by Gasteiger charge is -2.20. The number of hydrogen-bond acceptors (Lipinski definition) is 6. The van der Waals surface area contributed by atoms with E-state index in [1.165, 1.54) is 4.90 Å². The molecule has 1 saturated heterocycles. The van der Waals surface area contributed by atoms with Crippen LogP contribution in [0.5, 0.6) is 11.5 Å². The van der Waals surface area contributed by atoms with Crippen molar-refractivity contribution in [3.63, 3.8) is 0 Å². The molecule has 9 nitrogen and oxygen atoms in total. The summed E-state index contributed by atoms with van der Waals surface area (Å²) in [7, 11) is 1.83. The average molecular weight is 358 g/mol. The Morgan fingerprint density at radius 3 is 2.96 bits per heavy atom. The first-order valence-corrected chi connectivity index (χ1v) is 8.17. The third-order valence-electron chi connectivity index (χ3n) is 4.41. The van der Waals surface area contributed by atoms with E-state index < -0.39 is 12.1 Å². The van der Waals surface area contributed by atoms with Gasteiger partial charge in [-0.25, -0.2) is 9.78 Å². The van der Waals surface area contributed by atoms with Crippen molar-refractivity contribution in [3.8, 4) is 11.5 Å². The zero-order valence-corrected chi connectivity index (χ0v) is 14.2. The van der Waals surface area contributed by atoms with Crippen molar-refractivity contribution in [2.75, 3.05) is 13.4 Å². The first-order valence-electron chi connectivity index (χ1n) is 8.17. The number of cyclic esters (lactones) is 1. The molecule has 2 amide bonds. The van der Waals surface area contributed by atoms with Crippen LogP contribution in [-0.4, -0.2) is 45.9 Å². The molecule has 1 N–H and O–H groups in total. The van der Waals surface area contributed by atoms with Gasteiger partial charge in [0, 0.05) is 26.0 Å². The van der Waals surface area contributed by atoms with Crippen molar-refractivity contribution in [1.29, 1.82) is 0 Å². The molecule has 136 valence electrons. The van der Waals surface area contributed by atoms with E-state index in [9.17, 15) is 9.59 Å². The van der Waals surface area contributed by atoms with Crippen LogP contribution in [0.2, 0.25) is 0 Å². The smallest absolute Gasteiger partial charge is 0.411 e. The SMILES string of the molecule is Cn1ccnc1CN1C(=O)OC[C@H]1C(=O)NCc1ccc2c(c1)OCO2. The van der Waals surface area contributed by atoms with E-state index >= 15 is 0 Å². The monoisotopic (exact) mass is 358 g/mol. The number of carbonyl (C=O) groups excluding carboxylic acids is 2. The van der Waals surface area contributed by atoms with Crippen molar-refractivity contribution in [1.82, 2.24) is 19.8 Å². The van der Waals surface area contributed by atoms with Gasteiger partial charge in [-0.1, -0.05) is 6.07 Å². The highest BCUT2D eigenvalue weighted by Crippen LogP contribution is 2.32. The van der Waals surface area contributed by atoms with Crippen LogP contribution in [0.1, 0.15) is 11.4 Å². The van der Waals surface area contributed by atoms with Crippen molar-refractivity contribution >= 4 is 12.0 Å². The Morgan fingerprint density at radius 2 is 2.15 bits per heavy atom. The molecule has 1 aromatic carbocycles. The van der Waals surface area contributed by atoms with Gasteiger partial charge < -0.3 is 24.1 Å². The Balaban J connectivity index is 1.40. The van der Waals surface area contributed by atoms with Crippen LogP contribution in [0.15, 0.2) is 30.6 Å². The molecule has 2 aliphatic heterocycles. The second-order valence-corrected chi connectivity index (χ2v) is 6.08. The maximum Gasteiger partial charge on any atom is 0.411 e. The zero-order chi connectivity index (χ0) is 18.1. The number of carbonyl (C=O) groups is 2. The number of nitrogens with one attached hydrogen (secondary N) is 1. The van der Waals surface area contributed by atoms with Crippen LogP contribution in [-0.2, 0) is 29.7 Å². The van der Waals surface area contributed by atoms with Crippen LogP contribution in [0, 0.1) is 0 Å². The summed E-state index contributed by atoms with van der Waals surface area (Å²) in [4.78, 5) is 30.1. The molecule has 0 unspecified atom stereocenters.